The fraction of sp³-hybridized carbons (Fsp3) is 0. The van der Waals surface area contributed by atoms with E-state index in [-0.39, 0.29) is 16.1 Å². The maximum atomic E-state index is 13.2. The molecule has 0 atom stereocenters. The number of nitro benzene ring substituents is 1. The first kappa shape index (κ1) is 9.36. The summed E-state index contributed by atoms with van der Waals surface area (Å²) in [4.78, 5) is 9.98. The van der Waals surface area contributed by atoms with Gasteiger partial charge in [-0.05, 0) is 12.1 Å². The van der Waals surface area contributed by atoms with Gasteiger partial charge in [0.1, 0.15) is 16.2 Å². The molecule has 2 rings (SSSR count). The average Bonchev–Trinajstić information content (AvgIpc) is 2.47. The Morgan fingerprint density at radius 1 is 1.50 bits per heavy atom. The molecule has 0 unspecified atom stereocenters. The largest absolute Gasteiger partial charge is 0.299 e. The number of halogens is 2. The number of fused-ring (bicyclic) bond motifs is 1. The second-order valence-corrected chi connectivity index (χ2v) is 3.93. The summed E-state index contributed by atoms with van der Waals surface area (Å²) in [6.45, 7) is 0. The van der Waals surface area contributed by atoms with Gasteiger partial charge in [-0.25, -0.2) is 4.39 Å². The summed E-state index contributed by atoms with van der Waals surface area (Å²) in [6, 6.07) is 2.97. The smallest absolute Gasteiger partial charge is 0.258 e. The minimum absolute atomic E-state index is 0.00694. The van der Waals surface area contributed by atoms with E-state index >= 15 is 0 Å². The Bertz CT molecular complexity index is 525. The molecular weight excluding hydrogens is 229 g/mol. The van der Waals surface area contributed by atoms with E-state index in [1.54, 1.807) is 6.07 Å². The first-order valence-electron chi connectivity index (χ1n) is 3.61. The predicted octanol–water partition coefficient (Wildman–Crippen LogP) is 3.60. The van der Waals surface area contributed by atoms with Crippen molar-refractivity contribution in [2.24, 2.45) is 0 Å². The summed E-state index contributed by atoms with van der Waals surface area (Å²) in [6.07, 6.45) is 0. The molecule has 0 aliphatic rings. The van der Waals surface area contributed by atoms with Crippen LogP contribution in [0.1, 0.15) is 0 Å². The summed E-state index contributed by atoms with van der Waals surface area (Å²) in [5, 5.41) is 11.8. The van der Waals surface area contributed by atoms with Crippen molar-refractivity contribution in [3.8, 4) is 0 Å². The highest BCUT2D eigenvalue weighted by Gasteiger charge is 2.21. The Morgan fingerprint density at radius 3 is 2.86 bits per heavy atom. The van der Waals surface area contributed by atoms with Crippen molar-refractivity contribution >= 4 is 38.7 Å². The molecular formula is C8H3ClFNO2S. The predicted molar refractivity (Wildman–Crippen MR) is 53.4 cm³/mol. The maximum absolute atomic E-state index is 13.2. The molecule has 0 bridgehead atoms. The highest BCUT2D eigenvalue weighted by Crippen LogP contribution is 2.37. The molecule has 72 valence electrons. The number of benzene rings is 1. The van der Waals surface area contributed by atoms with Crippen molar-refractivity contribution in [1.29, 1.82) is 0 Å². The second kappa shape index (κ2) is 3.18. The van der Waals surface area contributed by atoms with Crippen molar-refractivity contribution in [1.82, 2.24) is 0 Å². The molecule has 3 nitrogen and oxygen atoms in total. The maximum Gasteiger partial charge on any atom is 0.299 e. The lowest BCUT2D eigenvalue weighted by molar-refractivity contribution is -0.383. The van der Waals surface area contributed by atoms with Crippen molar-refractivity contribution in [2.45, 2.75) is 0 Å². The molecule has 0 radical (unpaired) electrons. The lowest BCUT2D eigenvalue weighted by atomic mass is 10.2. The van der Waals surface area contributed by atoms with Crippen LogP contribution >= 0.6 is 22.9 Å². The van der Waals surface area contributed by atoms with Gasteiger partial charge in [-0.3, -0.25) is 10.1 Å². The molecule has 0 saturated heterocycles. The minimum atomic E-state index is -0.666. The van der Waals surface area contributed by atoms with Crippen LogP contribution in [0.2, 0.25) is 5.02 Å². The fourth-order valence-corrected chi connectivity index (χ4v) is 2.26. The lowest BCUT2D eigenvalue weighted by Crippen LogP contribution is -1.90. The first-order valence-corrected chi connectivity index (χ1v) is 4.86. The molecule has 14 heavy (non-hydrogen) atoms. The first-order chi connectivity index (χ1) is 6.61. The molecule has 0 aliphatic heterocycles. The van der Waals surface area contributed by atoms with E-state index in [0.717, 1.165) is 11.3 Å². The second-order valence-electron chi connectivity index (χ2n) is 2.61. The van der Waals surface area contributed by atoms with Crippen LogP contribution in [0.5, 0.6) is 0 Å². The van der Waals surface area contributed by atoms with Crippen molar-refractivity contribution in [3.05, 3.63) is 38.5 Å². The molecule has 1 aromatic heterocycles. The lowest BCUT2D eigenvalue weighted by Gasteiger charge is -1.96. The highest BCUT2D eigenvalue weighted by molar-refractivity contribution is 7.17. The SMILES string of the molecule is O=[N+]([O-])c1c(Cl)ccc2scc(F)c12. The third-order valence-electron chi connectivity index (χ3n) is 1.80. The monoisotopic (exact) mass is 231 g/mol. The van der Waals surface area contributed by atoms with E-state index in [1.807, 2.05) is 0 Å². The molecule has 0 aliphatic carbocycles. The summed E-state index contributed by atoms with van der Waals surface area (Å²) >= 11 is 6.74. The number of rotatable bonds is 1. The fourth-order valence-electron chi connectivity index (χ4n) is 1.23. The Balaban J connectivity index is 2.94. The zero-order valence-corrected chi connectivity index (χ0v) is 8.23. The molecule has 0 amide bonds. The van der Waals surface area contributed by atoms with Gasteiger partial charge in [-0.1, -0.05) is 11.6 Å². The van der Waals surface area contributed by atoms with E-state index in [9.17, 15) is 14.5 Å². The molecule has 0 N–H and O–H groups in total. The van der Waals surface area contributed by atoms with E-state index in [0.29, 0.717) is 4.70 Å². The van der Waals surface area contributed by atoms with Gasteiger partial charge >= 0.3 is 0 Å². The molecule has 1 heterocycles. The summed E-state index contributed by atoms with van der Waals surface area (Å²) in [5.41, 5.74) is -0.358. The average molecular weight is 232 g/mol. The summed E-state index contributed by atoms with van der Waals surface area (Å²) < 4.78 is 13.7. The zero-order valence-electron chi connectivity index (χ0n) is 6.66. The van der Waals surface area contributed by atoms with Gasteiger partial charge in [0.2, 0.25) is 0 Å². The van der Waals surface area contributed by atoms with Crippen LogP contribution < -0.4 is 0 Å². The summed E-state index contributed by atoms with van der Waals surface area (Å²) in [7, 11) is 0. The van der Waals surface area contributed by atoms with Crippen LogP contribution in [-0.2, 0) is 0 Å². The Labute approximate surface area is 86.9 Å². The van der Waals surface area contributed by atoms with Crippen LogP contribution in [-0.4, -0.2) is 4.92 Å². The molecule has 6 heteroatoms. The Hall–Kier alpha value is -1.20. The Kier molecular flexibility index (Phi) is 2.13. The van der Waals surface area contributed by atoms with Gasteiger partial charge in [0, 0.05) is 10.1 Å². The minimum Gasteiger partial charge on any atom is -0.258 e. The number of thiophene rings is 1. The molecule has 0 saturated carbocycles. The van der Waals surface area contributed by atoms with Gasteiger partial charge in [0.25, 0.3) is 5.69 Å². The third-order valence-corrected chi connectivity index (χ3v) is 3.03. The quantitative estimate of drug-likeness (QED) is 0.556. The van der Waals surface area contributed by atoms with Crippen LogP contribution in [0.4, 0.5) is 10.1 Å². The van der Waals surface area contributed by atoms with Gasteiger partial charge in [-0.2, -0.15) is 0 Å². The Morgan fingerprint density at radius 2 is 2.21 bits per heavy atom. The van der Waals surface area contributed by atoms with Crippen molar-refractivity contribution in [2.75, 3.05) is 0 Å². The number of hydrogen-bond donors (Lipinski definition) is 0. The van der Waals surface area contributed by atoms with Crippen LogP contribution in [0, 0.1) is 15.9 Å². The number of nitrogens with zero attached hydrogens (tertiary/aromatic N) is 1. The van der Waals surface area contributed by atoms with Gasteiger partial charge in [0.05, 0.1) is 4.92 Å². The van der Waals surface area contributed by atoms with Crippen LogP contribution in [0.3, 0.4) is 0 Å². The number of nitro groups is 1. The van der Waals surface area contributed by atoms with E-state index in [4.69, 9.17) is 11.6 Å². The molecule has 0 fully saturated rings. The van der Waals surface area contributed by atoms with E-state index in [1.165, 1.54) is 11.4 Å². The molecule has 1 aromatic carbocycles. The highest BCUT2D eigenvalue weighted by atomic mass is 35.5. The molecule has 0 spiro atoms. The van der Waals surface area contributed by atoms with Gasteiger partial charge in [-0.15, -0.1) is 11.3 Å². The zero-order chi connectivity index (χ0) is 10.3. The topological polar surface area (TPSA) is 43.1 Å². The summed E-state index contributed by atoms with van der Waals surface area (Å²) in [5.74, 6) is -0.598. The number of hydrogen-bond acceptors (Lipinski definition) is 3. The third kappa shape index (κ3) is 1.25. The normalized spacial score (nSPS) is 10.7. The standard InChI is InChI=1S/C8H3ClFNO2S/c9-4-1-2-6-7(5(10)3-14-6)8(4)11(12)13/h1-3H. The van der Waals surface area contributed by atoms with E-state index < -0.39 is 10.7 Å². The van der Waals surface area contributed by atoms with Gasteiger partial charge in [0.15, 0.2) is 0 Å². The van der Waals surface area contributed by atoms with Gasteiger partial charge < -0.3 is 0 Å². The van der Waals surface area contributed by atoms with E-state index in [2.05, 4.69) is 0 Å². The van der Waals surface area contributed by atoms with Crippen molar-refractivity contribution < 1.29 is 9.31 Å². The van der Waals surface area contributed by atoms with Crippen LogP contribution in [0.15, 0.2) is 17.5 Å². The van der Waals surface area contributed by atoms with Crippen LogP contribution in [0.25, 0.3) is 10.1 Å². The molecule has 2 aromatic rings. The van der Waals surface area contributed by atoms with Crippen molar-refractivity contribution in [3.63, 3.8) is 0 Å².